The second-order valence-corrected chi connectivity index (χ2v) is 3.34. The lowest BCUT2D eigenvalue weighted by Crippen LogP contribution is -2.32. The topological polar surface area (TPSA) is 62.7 Å². The van der Waals surface area contributed by atoms with Gasteiger partial charge in [0.15, 0.2) is 0 Å². The van der Waals surface area contributed by atoms with Gasteiger partial charge in [-0.25, -0.2) is 4.79 Å². The third kappa shape index (κ3) is 3.47. The smallest absolute Gasteiger partial charge is 0.411 e. The van der Waals surface area contributed by atoms with Gasteiger partial charge in [-0.15, -0.1) is 0 Å². The van der Waals surface area contributed by atoms with E-state index in [9.17, 15) is 4.79 Å². The highest BCUT2D eigenvalue weighted by molar-refractivity contribution is 5.94. The Kier molecular flexibility index (Phi) is 3.50. The summed E-state index contributed by atoms with van der Waals surface area (Å²) in [6, 6.07) is 0. The first-order valence-corrected chi connectivity index (χ1v) is 4.53. The van der Waals surface area contributed by atoms with Crippen LogP contribution >= 0.6 is 0 Å². The molecule has 14 heavy (non-hydrogen) atoms. The molecule has 1 rings (SSSR count). The fourth-order valence-electron chi connectivity index (χ4n) is 1.04. The van der Waals surface area contributed by atoms with Crippen molar-refractivity contribution in [3.63, 3.8) is 0 Å². The number of hydrogen-bond donors (Lipinski definition) is 2. The molecule has 0 aromatic carbocycles. The van der Waals surface area contributed by atoms with Crippen molar-refractivity contribution in [1.82, 2.24) is 10.7 Å². The molecular formula is C9H15N3O2. The Labute approximate surface area is 83.2 Å². The summed E-state index contributed by atoms with van der Waals surface area (Å²) in [5.74, 6) is 0. The molecule has 1 heterocycles. The number of nitrogens with one attached hydrogen (secondary N) is 2. The summed E-state index contributed by atoms with van der Waals surface area (Å²) in [5.41, 5.74) is 4.39. The van der Waals surface area contributed by atoms with E-state index in [2.05, 4.69) is 15.8 Å². The zero-order valence-corrected chi connectivity index (χ0v) is 8.63. The molecule has 0 atom stereocenters. The molecule has 0 saturated carbocycles. The lowest BCUT2D eigenvalue weighted by atomic mass is 10.3. The van der Waals surface area contributed by atoms with Crippen molar-refractivity contribution in [2.75, 3.05) is 6.54 Å². The molecule has 5 nitrogen and oxygen atoms in total. The predicted octanol–water partition coefficient (Wildman–Crippen LogP) is 0.984. The van der Waals surface area contributed by atoms with Crippen molar-refractivity contribution in [2.24, 2.45) is 5.10 Å². The van der Waals surface area contributed by atoms with Gasteiger partial charge in [-0.1, -0.05) is 0 Å². The number of rotatable bonds is 2. The minimum atomic E-state index is -0.428. The van der Waals surface area contributed by atoms with Crippen molar-refractivity contribution in [3.05, 3.63) is 11.8 Å². The number of allylic oxidation sites excluding steroid dienone is 1. The first kappa shape index (κ1) is 10.6. The second kappa shape index (κ2) is 4.64. The largest absolute Gasteiger partial charge is 0.447 e. The van der Waals surface area contributed by atoms with Crippen molar-refractivity contribution < 1.29 is 9.53 Å². The van der Waals surface area contributed by atoms with Gasteiger partial charge < -0.3 is 10.2 Å². The maximum absolute atomic E-state index is 11.2. The van der Waals surface area contributed by atoms with E-state index in [1.54, 1.807) is 19.9 Å². The molecule has 5 heteroatoms. The number of ether oxygens (including phenoxy) is 1. The van der Waals surface area contributed by atoms with Crippen molar-refractivity contribution in [3.8, 4) is 0 Å². The number of carbonyl (C=O) groups is 1. The molecule has 2 N–H and O–H groups in total. The fraction of sp³-hybridized carbons (Fsp3) is 0.556. The third-order valence-electron chi connectivity index (χ3n) is 1.51. The van der Waals surface area contributed by atoms with Crippen LogP contribution in [0.1, 0.15) is 20.8 Å². The normalized spacial score (nSPS) is 15.4. The molecule has 0 aromatic heterocycles. The number of carbonyl (C=O) groups excluding carboxylic acids is 1. The van der Waals surface area contributed by atoms with Crippen LogP contribution in [-0.4, -0.2) is 24.5 Å². The average molecular weight is 197 g/mol. The molecule has 0 bridgehead atoms. The Morgan fingerprint density at radius 3 is 3.00 bits per heavy atom. The third-order valence-corrected chi connectivity index (χ3v) is 1.51. The molecule has 0 aromatic rings. The van der Waals surface area contributed by atoms with E-state index in [-0.39, 0.29) is 6.10 Å². The molecule has 0 aliphatic carbocycles. The lowest BCUT2D eigenvalue weighted by Gasteiger charge is -2.14. The van der Waals surface area contributed by atoms with Gasteiger partial charge in [-0.2, -0.15) is 5.10 Å². The van der Waals surface area contributed by atoms with Crippen LogP contribution in [0.5, 0.6) is 0 Å². The summed E-state index contributed by atoms with van der Waals surface area (Å²) in [4.78, 5) is 11.2. The molecule has 0 unspecified atom stereocenters. The van der Waals surface area contributed by atoms with Gasteiger partial charge in [0.1, 0.15) is 0 Å². The molecule has 0 fully saturated rings. The molecule has 1 amide bonds. The SMILES string of the molecule is CC1=NNCC(NC(=O)OC(C)C)=C1. The highest BCUT2D eigenvalue weighted by Crippen LogP contribution is 1.97. The van der Waals surface area contributed by atoms with Gasteiger partial charge in [0.25, 0.3) is 0 Å². The van der Waals surface area contributed by atoms with E-state index < -0.39 is 6.09 Å². The Balaban J connectivity index is 2.44. The minimum absolute atomic E-state index is 0.109. The zero-order valence-electron chi connectivity index (χ0n) is 8.63. The van der Waals surface area contributed by atoms with Crippen LogP contribution in [-0.2, 0) is 4.74 Å². The molecule has 0 radical (unpaired) electrons. The quantitative estimate of drug-likeness (QED) is 0.693. The van der Waals surface area contributed by atoms with Crippen LogP contribution in [0.2, 0.25) is 0 Å². The molecule has 0 saturated heterocycles. The lowest BCUT2D eigenvalue weighted by molar-refractivity contribution is 0.118. The van der Waals surface area contributed by atoms with Gasteiger partial charge in [0.05, 0.1) is 18.4 Å². The molecule has 78 valence electrons. The molecule has 0 spiro atoms. The summed E-state index contributed by atoms with van der Waals surface area (Å²) >= 11 is 0. The predicted molar refractivity (Wildman–Crippen MR) is 53.9 cm³/mol. The molecule has 1 aliphatic rings. The number of nitrogens with zero attached hydrogens (tertiary/aromatic N) is 1. The summed E-state index contributed by atoms with van der Waals surface area (Å²) in [7, 11) is 0. The Morgan fingerprint density at radius 1 is 1.71 bits per heavy atom. The van der Waals surface area contributed by atoms with Crippen LogP contribution in [0.25, 0.3) is 0 Å². The van der Waals surface area contributed by atoms with E-state index in [0.29, 0.717) is 6.54 Å². The van der Waals surface area contributed by atoms with E-state index in [4.69, 9.17) is 4.74 Å². The van der Waals surface area contributed by atoms with Gasteiger partial charge in [-0.05, 0) is 26.8 Å². The van der Waals surface area contributed by atoms with E-state index >= 15 is 0 Å². The summed E-state index contributed by atoms with van der Waals surface area (Å²) in [5, 5.41) is 6.58. The van der Waals surface area contributed by atoms with Gasteiger partial charge in [-0.3, -0.25) is 5.32 Å². The number of hydrogen-bond acceptors (Lipinski definition) is 4. The van der Waals surface area contributed by atoms with Crippen LogP contribution < -0.4 is 10.7 Å². The van der Waals surface area contributed by atoms with Crippen molar-refractivity contribution in [2.45, 2.75) is 26.9 Å². The highest BCUT2D eigenvalue weighted by atomic mass is 16.6. The Hall–Kier alpha value is -1.52. The van der Waals surface area contributed by atoms with E-state index in [1.807, 2.05) is 6.92 Å². The van der Waals surface area contributed by atoms with E-state index in [1.165, 1.54) is 0 Å². The van der Waals surface area contributed by atoms with Crippen LogP contribution in [0.3, 0.4) is 0 Å². The number of hydrazone groups is 1. The number of amides is 1. The highest BCUT2D eigenvalue weighted by Gasteiger charge is 2.09. The Bertz CT molecular complexity index is 282. The fourth-order valence-corrected chi connectivity index (χ4v) is 1.04. The summed E-state index contributed by atoms with van der Waals surface area (Å²) in [6.45, 7) is 5.98. The standard InChI is InChI=1S/C9H15N3O2/c1-6(2)14-9(13)11-8-4-7(3)12-10-5-8/h4,6,10H,5H2,1-3H3,(H,11,13). The van der Waals surface area contributed by atoms with E-state index in [0.717, 1.165) is 11.4 Å². The van der Waals surface area contributed by atoms with Gasteiger partial charge in [0.2, 0.25) is 0 Å². The van der Waals surface area contributed by atoms with Crippen molar-refractivity contribution in [1.29, 1.82) is 0 Å². The minimum Gasteiger partial charge on any atom is -0.447 e. The van der Waals surface area contributed by atoms with Gasteiger partial charge >= 0.3 is 6.09 Å². The van der Waals surface area contributed by atoms with Crippen molar-refractivity contribution >= 4 is 11.8 Å². The molecule has 1 aliphatic heterocycles. The maximum Gasteiger partial charge on any atom is 0.411 e. The van der Waals surface area contributed by atoms with Crippen LogP contribution in [0.15, 0.2) is 16.9 Å². The summed E-state index contributed by atoms with van der Waals surface area (Å²) < 4.78 is 4.93. The van der Waals surface area contributed by atoms with Gasteiger partial charge in [0, 0.05) is 5.70 Å². The monoisotopic (exact) mass is 197 g/mol. The van der Waals surface area contributed by atoms with Crippen LogP contribution in [0.4, 0.5) is 4.79 Å². The second-order valence-electron chi connectivity index (χ2n) is 3.34. The average Bonchev–Trinajstić information content (AvgIpc) is 2.01. The maximum atomic E-state index is 11.2. The zero-order chi connectivity index (χ0) is 10.6. The number of alkyl carbamates (subject to hydrolysis) is 1. The molecular weight excluding hydrogens is 182 g/mol. The van der Waals surface area contributed by atoms with Crippen LogP contribution in [0, 0.1) is 0 Å². The first-order chi connectivity index (χ1) is 6.58. The Morgan fingerprint density at radius 2 is 2.43 bits per heavy atom. The first-order valence-electron chi connectivity index (χ1n) is 4.53. The summed E-state index contributed by atoms with van der Waals surface area (Å²) in [6.07, 6.45) is 1.27.